The highest BCUT2D eigenvalue weighted by molar-refractivity contribution is 6.10. The molecule has 6 rings (SSSR count). The van der Waals surface area contributed by atoms with Gasteiger partial charge in [-0.2, -0.15) is 5.10 Å². The zero-order valence-electron chi connectivity index (χ0n) is 19.8. The van der Waals surface area contributed by atoms with Crippen LogP contribution in [-0.4, -0.2) is 46.8 Å². The molecule has 0 bridgehead atoms. The Morgan fingerprint density at radius 1 is 1.09 bits per heavy atom. The number of nitrogens with one attached hydrogen (secondary N) is 2. The minimum atomic E-state index is -0.669. The monoisotopic (exact) mass is 477 g/mol. The van der Waals surface area contributed by atoms with Crippen molar-refractivity contribution in [3.63, 3.8) is 0 Å². The maximum Gasteiger partial charge on any atom is 0.235 e. The van der Waals surface area contributed by atoms with Gasteiger partial charge in [-0.1, -0.05) is 12.8 Å². The van der Waals surface area contributed by atoms with E-state index >= 15 is 0 Å². The molecule has 35 heavy (non-hydrogen) atoms. The Morgan fingerprint density at radius 2 is 1.86 bits per heavy atom. The standard InChI is InChI=1S/C27H29F2N5O/c1-33-11-6-19(7-12-33)30-23-15-17(14-20-25(23)31-26(35)27(20)9-2-3-10-27)22-8-13-34(32-22)24-5-4-18(28)16-21(24)29/h4-5,8,13-16,19,30H,2-3,6-7,9-12H2,1H3,(H,31,35). The second-order valence-electron chi connectivity index (χ2n) is 10.2. The summed E-state index contributed by atoms with van der Waals surface area (Å²) in [6, 6.07) is 9.73. The Labute approximate surface area is 203 Å². The van der Waals surface area contributed by atoms with Gasteiger partial charge in [0.2, 0.25) is 5.91 Å². The fraction of sp³-hybridized carbons (Fsp3) is 0.407. The number of aromatic nitrogens is 2. The van der Waals surface area contributed by atoms with Gasteiger partial charge in [-0.25, -0.2) is 13.5 Å². The molecule has 1 saturated heterocycles. The van der Waals surface area contributed by atoms with Crippen LogP contribution in [0.3, 0.4) is 0 Å². The molecular weight excluding hydrogens is 448 g/mol. The molecule has 0 atom stereocenters. The van der Waals surface area contributed by atoms with E-state index in [2.05, 4.69) is 33.7 Å². The van der Waals surface area contributed by atoms with Gasteiger partial charge in [-0.15, -0.1) is 0 Å². The van der Waals surface area contributed by atoms with Crippen molar-refractivity contribution in [3.8, 4) is 16.9 Å². The van der Waals surface area contributed by atoms with Crippen molar-refractivity contribution in [2.45, 2.75) is 50.0 Å². The molecule has 8 heteroatoms. The number of nitrogens with zero attached hydrogens (tertiary/aromatic N) is 3. The molecule has 1 aliphatic carbocycles. The second-order valence-corrected chi connectivity index (χ2v) is 10.2. The number of carbonyl (C=O) groups is 1. The van der Waals surface area contributed by atoms with Crippen LogP contribution in [0.4, 0.5) is 20.2 Å². The first-order chi connectivity index (χ1) is 16.9. The largest absolute Gasteiger partial charge is 0.381 e. The third kappa shape index (κ3) is 3.80. The smallest absolute Gasteiger partial charge is 0.235 e. The third-order valence-corrected chi connectivity index (χ3v) is 7.90. The first-order valence-corrected chi connectivity index (χ1v) is 12.4. The van der Waals surface area contributed by atoms with E-state index in [1.165, 1.54) is 16.8 Å². The van der Waals surface area contributed by atoms with Crippen molar-refractivity contribution in [2.75, 3.05) is 30.8 Å². The van der Waals surface area contributed by atoms with E-state index in [4.69, 9.17) is 0 Å². The van der Waals surface area contributed by atoms with Gasteiger partial charge in [-0.05, 0) is 81.7 Å². The number of likely N-dealkylation sites (tertiary alicyclic amines) is 1. The normalized spacial score (nSPS) is 19.8. The Hall–Kier alpha value is -3.26. The lowest BCUT2D eigenvalue weighted by atomic mass is 9.79. The number of piperidine rings is 1. The summed E-state index contributed by atoms with van der Waals surface area (Å²) in [5.74, 6) is -1.20. The molecule has 3 aromatic rings. The molecule has 1 aromatic heterocycles. The molecule has 6 nitrogen and oxygen atoms in total. The average Bonchev–Trinajstić information content (AvgIpc) is 3.57. The van der Waals surface area contributed by atoms with E-state index in [-0.39, 0.29) is 11.6 Å². The highest BCUT2D eigenvalue weighted by atomic mass is 19.1. The van der Waals surface area contributed by atoms with Crippen LogP contribution in [0.15, 0.2) is 42.6 Å². The first-order valence-electron chi connectivity index (χ1n) is 12.4. The average molecular weight is 478 g/mol. The molecule has 1 saturated carbocycles. The van der Waals surface area contributed by atoms with Gasteiger partial charge in [0.15, 0.2) is 5.82 Å². The van der Waals surface area contributed by atoms with Crippen molar-refractivity contribution in [1.82, 2.24) is 14.7 Å². The van der Waals surface area contributed by atoms with Crippen LogP contribution in [-0.2, 0) is 10.2 Å². The summed E-state index contributed by atoms with van der Waals surface area (Å²) in [6.07, 6.45) is 7.51. The van der Waals surface area contributed by atoms with E-state index in [1.807, 2.05) is 12.1 Å². The summed E-state index contributed by atoms with van der Waals surface area (Å²) in [4.78, 5) is 15.5. The van der Waals surface area contributed by atoms with Crippen molar-refractivity contribution >= 4 is 17.3 Å². The van der Waals surface area contributed by atoms with Gasteiger partial charge in [0, 0.05) is 23.9 Å². The van der Waals surface area contributed by atoms with Gasteiger partial charge in [-0.3, -0.25) is 4.79 Å². The maximum atomic E-state index is 14.4. The van der Waals surface area contributed by atoms with Crippen LogP contribution < -0.4 is 10.6 Å². The summed E-state index contributed by atoms with van der Waals surface area (Å²) >= 11 is 0. The lowest BCUT2D eigenvalue weighted by Crippen LogP contribution is -2.36. The lowest BCUT2D eigenvalue weighted by molar-refractivity contribution is -0.120. The zero-order chi connectivity index (χ0) is 24.2. The Morgan fingerprint density at radius 3 is 2.60 bits per heavy atom. The molecule has 2 aromatic carbocycles. The van der Waals surface area contributed by atoms with Crippen LogP contribution in [0.1, 0.15) is 44.1 Å². The van der Waals surface area contributed by atoms with Crippen molar-refractivity contribution in [3.05, 3.63) is 59.8 Å². The van der Waals surface area contributed by atoms with Crippen LogP contribution in [0.2, 0.25) is 0 Å². The number of carbonyl (C=O) groups excluding carboxylic acids is 1. The van der Waals surface area contributed by atoms with Crippen molar-refractivity contribution in [2.24, 2.45) is 0 Å². The minimum absolute atomic E-state index is 0.0903. The SMILES string of the molecule is CN1CCC(Nc2cc(-c3ccn(-c4ccc(F)cc4F)n3)cc3c2NC(=O)C32CCCC2)CC1. The van der Waals surface area contributed by atoms with Crippen LogP contribution in [0.25, 0.3) is 16.9 Å². The predicted molar refractivity (Wildman–Crippen MR) is 132 cm³/mol. The van der Waals surface area contributed by atoms with E-state index in [9.17, 15) is 13.6 Å². The van der Waals surface area contributed by atoms with Gasteiger partial charge in [0.1, 0.15) is 11.5 Å². The zero-order valence-corrected chi connectivity index (χ0v) is 19.8. The topological polar surface area (TPSA) is 62.2 Å². The first kappa shape index (κ1) is 22.2. The molecular formula is C27H29F2N5O. The van der Waals surface area contributed by atoms with Crippen molar-refractivity contribution in [1.29, 1.82) is 0 Å². The summed E-state index contributed by atoms with van der Waals surface area (Å²) in [7, 11) is 2.14. The molecule has 0 unspecified atom stereocenters. The number of fused-ring (bicyclic) bond motifs is 2. The fourth-order valence-electron chi connectivity index (χ4n) is 5.90. The Kier molecular flexibility index (Phi) is 5.36. The van der Waals surface area contributed by atoms with E-state index in [0.717, 1.165) is 80.2 Å². The predicted octanol–water partition coefficient (Wildman–Crippen LogP) is 5.09. The molecule has 1 spiro atoms. The Balaban J connectivity index is 1.41. The molecule has 0 radical (unpaired) electrons. The van der Waals surface area contributed by atoms with Crippen LogP contribution in [0, 0.1) is 11.6 Å². The fourth-order valence-corrected chi connectivity index (χ4v) is 5.90. The van der Waals surface area contributed by atoms with Crippen molar-refractivity contribution < 1.29 is 13.6 Å². The van der Waals surface area contributed by atoms with E-state index in [1.54, 1.807) is 6.20 Å². The minimum Gasteiger partial charge on any atom is -0.381 e. The third-order valence-electron chi connectivity index (χ3n) is 7.90. The van der Waals surface area contributed by atoms with E-state index in [0.29, 0.717) is 11.7 Å². The van der Waals surface area contributed by atoms with Crippen LogP contribution in [0.5, 0.6) is 0 Å². The molecule has 2 N–H and O–H groups in total. The maximum absolute atomic E-state index is 14.4. The highest BCUT2D eigenvalue weighted by Gasteiger charge is 2.49. The summed E-state index contributed by atoms with van der Waals surface area (Å²) in [6.45, 7) is 2.06. The number of benzene rings is 2. The van der Waals surface area contributed by atoms with Gasteiger partial charge >= 0.3 is 0 Å². The van der Waals surface area contributed by atoms with Gasteiger partial charge < -0.3 is 15.5 Å². The summed E-state index contributed by atoms with van der Waals surface area (Å²) in [5, 5.41) is 11.5. The quantitative estimate of drug-likeness (QED) is 0.550. The number of anilines is 2. The number of rotatable bonds is 4. The number of halogens is 2. The molecule has 3 heterocycles. The lowest BCUT2D eigenvalue weighted by Gasteiger charge is -2.31. The Bertz CT molecular complexity index is 1290. The number of hydrogen-bond acceptors (Lipinski definition) is 4. The molecule has 2 aliphatic heterocycles. The summed E-state index contributed by atoms with van der Waals surface area (Å²) in [5.41, 5.74) is 4.11. The number of amides is 1. The van der Waals surface area contributed by atoms with Crippen LogP contribution >= 0.6 is 0 Å². The molecule has 182 valence electrons. The highest BCUT2D eigenvalue weighted by Crippen LogP contribution is 2.52. The van der Waals surface area contributed by atoms with Gasteiger partial charge in [0.25, 0.3) is 0 Å². The summed E-state index contributed by atoms with van der Waals surface area (Å²) < 4.78 is 29.2. The number of hydrogen-bond donors (Lipinski definition) is 2. The molecule has 3 aliphatic rings. The molecule has 2 fully saturated rings. The second kappa shape index (κ2) is 8.45. The van der Waals surface area contributed by atoms with Gasteiger partial charge in [0.05, 0.1) is 22.5 Å². The van der Waals surface area contributed by atoms with E-state index < -0.39 is 17.0 Å². The molecule has 1 amide bonds.